The van der Waals surface area contributed by atoms with Crippen LogP contribution >= 0.6 is 22.9 Å². The first-order valence-electron chi connectivity index (χ1n) is 12.0. The fourth-order valence-corrected chi connectivity index (χ4v) is 6.02. The number of rotatable bonds is 8. The van der Waals surface area contributed by atoms with Crippen LogP contribution in [-0.2, 0) is 17.4 Å². The van der Waals surface area contributed by atoms with Crippen molar-refractivity contribution in [3.05, 3.63) is 82.0 Å². The van der Waals surface area contributed by atoms with Gasteiger partial charge in [0, 0.05) is 34.1 Å². The Balaban J connectivity index is 1.32. The van der Waals surface area contributed by atoms with Crippen LogP contribution in [0.3, 0.4) is 0 Å². The summed E-state index contributed by atoms with van der Waals surface area (Å²) in [6.07, 6.45) is 3.43. The number of amides is 2. The van der Waals surface area contributed by atoms with Gasteiger partial charge in [-0.05, 0) is 55.3 Å². The lowest BCUT2D eigenvalue weighted by atomic mass is 10.0. The van der Waals surface area contributed by atoms with E-state index in [0.717, 1.165) is 21.1 Å². The van der Waals surface area contributed by atoms with Gasteiger partial charge in [-0.3, -0.25) is 14.3 Å². The number of carbonyl (C=O) groups is 2. The number of aryl methyl sites for hydroxylation is 1. The van der Waals surface area contributed by atoms with E-state index >= 15 is 0 Å². The molecule has 1 aliphatic heterocycles. The highest BCUT2D eigenvalue weighted by Crippen LogP contribution is 2.46. The van der Waals surface area contributed by atoms with E-state index in [9.17, 15) is 14.7 Å². The van der Waals surface area contributed by atoms with Crippen LogP contribution in [0.1, 0.15) is 40.7 Å². The fourth-order valence-electron chi connectivity index (χ4n) is 4.56. The van der Waals surface area contributed by atoms with E-state index in [-0.39, 0.29) is 25.0 Å². The Bertz CT molecular complexity index is 1510. The summed E-state index contributed by atoms with van der Waals surface area (Å²) in [6, 6.07) is 13.9. The zero-order valence-electron chi connectivity index (χ0n) is 21.1. The first-order chi connectivity index (χ1) is 18.2. The standard InChI is InChI=1S/C27H27ClN6O3S/c1-27(2)25-19(13-21(38-25)17-7-9-29-22(12-17)32-23-8-10-30-33(23)3)26(37)34(27)14-24(36)31-20(15-35)16-5-4-6-18(28)11-16/h4-13,20,35H,14-15H2,1-3H3,(H,29,32)(H,31,36)/t20-/m1/s1. The maximum atomic E-state index is 13.4. The number of benzene rings is 1. The summed E-state index contributed by atoms with van der Waals surface area (Å²) in [6.45, 7) is 3.45. The average molecular weight is 551 g/mol. The van der Waals surface area contributed by atoms with E-state index < -0.39 is 11.6 Å². The second-order valence-electron chi connectivity index (χ2n) is 9.56. The van der Waals surface area contributed by atoms with Gasteiger partial charge in [-0.1, -0.05) is 23.7 Å². The van der Waals surface area contributed by atoms with Gasteiger partial charge in [0.25, 0.3) is 5.91 Å². The monoisotopic (exact) mass is 550 g/mol. The molecule has 11 heteroatoms. The predicted octanol–water partition coefficient (Wildman–Crippen LogP) is 4.48. The number of pyridine rings is 1. The quantitative estimate of drug-likeness (QED) is 0.298. The van der Waals surface area contributed by atoms with Gasteiger partial charge in [-0.15, -0.1) is 11.3 Å². The van der Waals surface area contributed by atoms with Crippen LogP contribution in [0.25, 0.3) is 10.4 Å². The SMILES string of the molecule is Cn1nccc1Nc1cc(-c2cc3c(s2)C(C)(C)N(CC(=O)N[C@H](CO)c2cccc(Cl)c2)C3=O)ccn1. The summed E-state index contributed by atoms with van der Waals surface area (Å²) in [4.78, 5) is 34.2. The number of aliphatic hydroxyl groups excluding tert-OH is 1. The molecular weight excluding hydrogens is 524 g/mol. The Kier molecular flexibility index (Phi) is 6.95. The molecule has 3 aromatic heterocycles. The largest absolute Gasteiger partial charge is 0.394 e. The number of anilines is 2. The number of aliphatic hydroxyl groups is 1. The van der Waals surface area contributed by atoms with Crippen LogP contribution in [-0.4, -0.2) is 49.7 Å². The molecule has 2 amide bonds. The molecule has 196 valence electrons. The van der Waals surface area contributed by atoms with E-state index in [1.807, 2.05) is 45.2 Å². The molecule has 5 rings (SSSR count). The van der Waals surface area contributed by atoms with Gasteiger partial charge >= 0.3 is 0 Å². The number of aromatic nitrogens is 3. The molecule has 0 unspecified atom stereocenters. The average Bonchev–Trinajstić information content (AvgIpc) is 3.56. The molecule has 9 nitrogen and oxygen atoms in total. The van der Waals surface area contributed by atoms with Gasteiger partial charge in [0.15, 0.2) is 0 Å². The Morgan fingerprint density at radius 3 is 2.68 bits per heavy atom. The van der Waals surface area contributed by atoms with E-state index in [2.05, 4.69) is 20.7 Å². The molecule has 1 aromatic carbocycles. The third kappa shape index (κ3) is 4.90. The van der Waals surface area contributed by atoms with E-state index in [1.165, 1.54) is 11.3 Å². The predicted molar refractivity (Wildman–Crippen MR) is 148 cm³/mol. The minimum absolute atomic E-state index is 0.131. The number of halogens is 1. The highest BCUT2D eigenvalue weighted by Gasteiger charge is 2.45. The molecule has 1 atom stereocenters. The third-order valence-corrected chi connectivity index (χ3v) is 8.36. The van der Waals surface area contributed by atoms with Crippen molar-refractivity contribution in [1.29, 1.82) is 0 Å². The first-order valence-corrected chi connectivity index (χ1v) is 13.2. The van der Waals surface area contributed by atoms with Gasteiger partial charge < -0.3 is 20.6 Å². The second kappa shape index (κ2) is 10.2. The number of hydrogen-bond donors (Lipinski definition) is 3. The molecule has 0 saturated carbocycles. The van der Waals surface area contributed by atoms with Crippen molar-refractivity contribution in [2.75, 3.05) is 18.5 Å². The van der Waals surface area contributed by atoms with Gasteiger partial charge in [0.05, 0.1) is 29.9 Å². The minimum Gasteiger partial charge on any atom is -0.394 e. The molecule has 0 bridgehead atoms. The summed E-state index contributed by atoms with van der Waals surface area (Å²) < 4.78 is 1.72. The lowest BCUT2D eigenvalue weighted by molar-refractivity contribution is -0.123. The van der Waals surface area contributed by atoms with Crippen molar-refractivity contribution in [3.63, 3.8) is 0 Å². The molecule has 4 heterocycles. The molecule has 0 aliphatic carbocycles. The third-order valence-electron chi connectivity index (χ3n) is 6.63. The molecule has 0 spiro atoms. The molecule has 0 radical (unpaired) electrons. The Morgan fingerprint density at radius 2 is 2.00 bits per heavy atom. The smallest absolute Gasteiger partial charge is 0.256 e. The molecule has 0 saturated heterocycles. The summed E-state index contributed by atoms with van der Waals surface area (Å²) in [5.74, 6) is 0.920. The van der Waals surface area contributed by atoms with Crippen LogP contribution in [0.15, 0.2) is 60.9 Å². The zero-order chi connectivity index (χ0) is 27.0. The van der Waals surface area contributed by atoms with E-state index in [4.69, 9.17) is 11.6 Å². The van der Waals surface area contributed by atoms with E-state index in [1.54, 1.807) is 46.2 Å². The molecule has 0 fully saturated rings. The normalized spacial score (nSPS) is 14.9. The van der Waals surface area contributed by atoms with Gasteiger partial charge in [0.2, 0.25) is 5.91 Å². The lowest BCUT2D eigenvalue weighted by Crippen LogP contribution is -2.46. The van der Waals surface area contributed by atoms with Crippen molar-refractivity contribution in [1.82, 2.24) is 25.0 Å². The lowest BCUT2D eigenvalue weighted by Gasteiger charge is -2.32. The molecule has 1 aliphatic rings. The van der Waals surface area contributed by atoms with Crippen molar-refractivity contribution < 1.29 is 14.7 Å². The Hall–Kier alpha value is -3.73. The van der Waals surface area contributed by atoms with Crippen molar-refractivity contribution in [3.8, 4) is 10.4 Å². The fraction of sp³-hybridized carbons (Fsp3) is 0.259. The van der Waals surface area contributed by atoms with Gasteiger partial charge in [0.1, 0.15) is 18.2 Å². The summed E-state index contributed by atoms with van der Waals surface area (Å²) in [5.41, 5.74) is 1.54. The van der Waals surface area contributed by atoms with Crippen LogP contribution in [0, 0.1) is 0 Å². The maximum absolute atomic E-state index is 13.4. The summed E-state index contributed by atoms with van der Waals surface area (Å²) >= 11 is 7.59. The number of fused-ring (bicyclic) bond motifs is 1. The van der Waals surface area contributed by atoms with Crippen molar-refractivity contribution in [2.24, 2.45) is 7.05 Å². The Labute approximate surface area is 229 Å². The topological polar surface area (TPSA) is 112 Å². The number of thiophene rings is 1. The van der Waals surface area contributed by atoms with Crippen molar-refractivity contribution in [2.45, 2.75) is 25.4 Å². The molecule has 38 heavy (non-hydrogen) atoms. The number of carbonyl (C=O) groups excluding carboxylic acids is 2. The number of nitrogens with one attached hydrogen (secondary N) is 2. The highest BCUT2D eigenvalue weighted by molar-refractivity contribution is 7.16. The molecular formula is C27H27ClN6O3S. The second-order valence-corrected chi connectivity index (χ2v) is 11.0. The maximum Gasteiger partial charge on any atom is 0.256 e. The zero-order valence-corrected chi connectivity index (χ0v) is 22.7. The number of hydrogen-bond acceptors (Lipinski definition) is 7. The van der Waals surface area contributed by atoms with Gasteiger partial charge in [-0.25, -0.2) is 4.98 Å². The van der Waals surface area contributed by atoms with Crippen LogP contribution < -0.4 is 10.6 Å². The van der Waals surface area contributed by atoms with Crippen LogP contribution in [0.5, 0.6) is 0 Å². The van der Waals surface area contributed by atoms with Crippen LogP contribution in [0.2, 0.25) is 5.02 Å². The molecule has 4 aromatic rings. The Morgan fingerprint density at radius 1 is 1.18 bits per heavy atom. The highest BCUT2D eigenvalue weighted by atomic mass is 35.5. The van der Waals surface area contributed by atoms with Gasteiger partial charge in [-0.2, -0.15) is 5.10 Å². The van der Waals surface area contributed by atoms with E-state index in [0.29, 0.717) is 22.0 Å². The minimum atomic E-state index is -0.680. The summed E-state index contributed by atoms with van der Waals surface area (Å²) in [5, 5.41) is 20.6. The molecule has 3 N–H and O–H groups in total. The van der Waals surface area contributed by atoms with Crippen LogP contribution in [0.4, 0.5) is 11.6 Å². The van der Waals surface area contributed by atoms with Crippen molar-refractivity contribution >= 4 is 46.4 Å². The summed E-state index contributed by atoms with van der Waals surface area (Å²) in [7, 11) is 1.84. The number of nitrogens with zero attached hydrogens (tertiary/aromatic N) is 4. The first kappa shape index (κ1) is 25.9.